The molecule has 166 valence electrons. The van der Waals surface area contributed by atoms with Crippen LogP contribution in [0.3, 0.4) is 0 Å². The Hall–Kier alpha value is -2.34. The first kappa shape index (κ1) is 21.5. The second kappa shape index (κ2) is 7.34. The maximum absolute atomic E-state index is 4.28. The highest BCUT2D eigenvalue weighted by atomic mass is 14.4. The van der Waals surface area contributed by atoms with Crippen LogP contribution in [0.5, 0.6) is 0 Å². The summed E-state index contributed by atoms with van der Waals surface area (Å²) in [6.07, 6.45) is 14.6. The molecule has 0 radical (unpaired) electrons. The molecule has 0 heteroatoms. The quantitative estimate of drug-likeness (QED) is 0.434. The van der Waals surface area contributed by atoms with Crippen molar-refractivity contribution in [3.8, 4) is 0 Å². The number of benzene rings is 2. The fourth-order valence-corrected chi connectivity index (χ4v) is 6.54. The molecule has 0 bridgehead atoms. The van der Waals surface area contributed by atoms with Crippen LogP contribution in [0.1, 0.15) is 99.6 Å². The van der Waals surface area contributed by atoms with Crippen LogP contribution in [0, 0.1) is 6.92 Å². The Labute approximate surface area is 195 Å². The van der Waals surface area contributed by atoms with E-state index in [9.17, 15) is 0 Å². The van der Waals surface area contributed by atoms with Crippen LogP contribution in [-0.2, 0) is 16.2 Å². The fraction of sp³-hybridized carbons (Fsp3) is 0.438. The van der Waals surface area contributed by atoms with Crippen LogP contribution in [0.25, 0.3) is 5.57 Å². The molecule has 0 nitrogen and oxygen atoms in total. The minimum Gasteiger partial charge on any atom is -0.0952 e. The Morgan fingerprint density at radius 1 is 0.781 bits per heavy atom. The van der Waals surface area contributed by atoms with Gasteiger partial charge in [0.1, 0.15) is 0 Å². The summed E-state index contributed by atoms with van der Waals surface area (Å²) in [5, 5.41) is 0. The summed E-state index contributed by atoms with van der Waals surface area (Å²) in [7, 11) is 0. The molecule has 1 saturated carbocycles. The van der Waals surface area contributed by atoms with Gasteiger partial charge in [0.25, 0.3) is 0 Å². The number of rotatable bonds is 3. The molecule has 32 heavy (non-hydrogen) atoms. The van der Waals surface area contributed by atoms with Crippen LogP contribution in [0.15, 0.2) is 66.8 Å². The first-order valence-electron chi connectivity index (χ1n) is 12.5. The molecule has 5 rings (SSSR count). The number of fused-ring (bicyclic) bond motifs is 1. The van der Waals surface area contributed by atoms with Crippen LogP contribution >= 0.6 is 0 Å². The molecule has 1 fully saturated rings. The van der Waals surface area contributed by atoms with E-state index in [0.29, 0.717) is 0 Å². The molecule has 3 aliphatic rings. The summed E-state index contributed by atoms with van der Waals surface area (Å²) < 4.78 is 0. The van der Waals surface area contributed by atoms with Gasteiger partial charge in [-0.25, -0.2) is 0 Å². The van der Waals surface area contributed by atoms with Crippen LogP contribution in [-0.4, -0.2) is 0 Å². The average molecular weight is 423 g/mol. The third-order valence-corrected chi connectivity index (χ3v) is 8.57. The normalized spacial score (nSPS) is 22.7. The van der Waals surface area contributed by atoms with Gasteiger partial charge in [0.15, 0.2) is 0 Å². The van der Waals surface area contributed by atoms with Gasteiger partial charge in [0.05, 0.1) is 0 Å². The lowest BCUT2D eigenvalue weighted by atomic mass is 9.64. The van der Waals surface area contributed by atoms with Crippen molar-refractivity contribution in [3.05, 3.63) is 100 Å². The summed E-state index contributed by atoms with van der Waals surface area (Å²) in [5.74, 6) is 0. The van der Waals surface area contributed by atoms with Crippen LogP contribution in [0.4, 0.5) is 0 Å². The molecule has 0 saturated heterocycles. The van der Waals surface area contributed by atoms with Crippen LogP contribution in [0.2, 0.25) is 0 Å². The first-order chi connectivity index (χ1) is 15.1. The van der Waals surface area contributed by atoms with Gasteiger partial charge < -0.3 is 0 Å². The van der Waals surface area contributed by atoms with Crippen molar-refractivity contribution in [3.63, 3.8) is 0 Å². The summed E-state index contributed by atoms with van der Waals surface area (Å²) in [4.78, 5) is 0. The molecule has 0 spiro atoms. The number of hydrogen-bond donors (Lipinski definition) is 0. The topological polar surface area (TPSA) is 0 Å². The van der Waals surface area contributed by atoms with Crippen LogP contribution < -0.4 is 0 Å². The molecule has 0 heterocycles. The Morgan fingerprint density at radius 3 is 1.94 bits per heavy atom. The molecule has 2 aromatic rings. The van der Waals surface area contributed by atoms with Gasteiger partial charge in [0.2, 0.25) is 0 Å². The third kappa shape index (κ3) is 3.26. The highest BCUT2D eigenvalue weighted by Gasteiger charge is 2.41. The fourth-order valence-electron chi connectivity index (χ4n) is 6.54. The summed E-state index contributed by atoms with van der Waals surface area (Å²) in [6.45, 7) is 16.1. The van der Waals surface area contributed by atoms with Crippen molar-refractivity contribution in [1.82, 2.24) is 0 Å². The number of aryl methyl sites for hydroxylation is 1. The van der Waals surface area contributed by atoms with E-state index in [4.69, 9.17) is 0 Å². The Morgan fingerprint density at radius 2 is 1.38 bits per heavy atom. The molecule has 0 aromatic heterocycles. The van der Waals surface area contributed by atoms with Crippen molar-refractivity contribution in [2.75, 3.05) is 0 Å². The smallest absolute Gasteiger partial charge is 0.0205 e. The van der Waals surface area contributed by atoms with Gasteiger partial charge in [0, 0.05) is 16.2 Å². The van der Waals surface area contributed by atoms with E-state index < -0.39 is 0 Å². The van der Waals surface area contributed by atoms with Gasteiger partial charge >= 0.3 is 0 Å². The zero-order valence-corrected chi connectivity index (χ0v) is 20.6. The van der Waals surface area contributed by atoms with E-state index in [1.807, 2.05) is 0 Å². The molecular formula is C32H38. The van der Waals surface area contributed by atoms with Crippen molar-refractivity contribution in [2.45, 2.75) is 89.4 Å². The molecule has 0 N–H and O–H groups in total. The lowest BCUT2D eigenvalue weighted by Gasteiger charge is -2.40. The Balaban J connectivity index is 1.63. The summed E-state index contributed by atoms with van der Waals surface area (Å²) in [6, 6.07) is 14.6. The molecule has 3 aliphatic carbocycles. The second-order valence-electron chi connectivity index (χ2n) is 11.6. The first-order valence-corrected chi connectivity index (χ1v) is 12.5. The number of hydrogen-bond acceptors (Lipinski definition) is 0. The third-order valence-electron chi connectivity index (χ3n) is 8.57. The lowest BCUT2D eigenvalue weighted by Crippen LogP contribution is -2.32. The number of allylic oxidation sites excluding steroid dienone is 5. The standard InChI is InChI=1S/C32H38/c1-22-10-9-11-26(22)24-12-14-25(15-13-24)32(16-7-8-17-32)27-21-29-28(20-23(27)2)30(3,4)18-19-31(29,5)6/h11-15,18-21H,1,7-10,16-17H2,2-6H3. The monoisotopic (exact) mass is 422 g/mol. The summed E-state index contributed by atoms with van der Waals surface area (Å²) in [5.41, 5.74) is 11.8. The predicted octanol–water partition coefficient (Wildman–Crippen LogP) is 8.71. The summed E-state index contributed by atoms with van der Waals surface area (Å²) >= 11 is 0. The molecule has 0 aliphatic heterocycles. The maximum Gasteiger partial charge on any atom is 0.0205 e. The zero-order chi connectivity index (χ0) is 22.7. The molecule has 0 unspecified atom stereocenters. The maximum atomic E-state index is 4.28. The van der Waals surface area contributed by atoms with Gasteiger partial charge in [-0.05, 0) is 77.1 Å². The van der Waals surface area contributed by atoms with E-state index in [1.165, 1.54) is 64.6 Å². The van der Waals surface area contributed by atoms with E-state index in [0.717, 1.165) is 12.8 Å². The van der Waals surface area contributed by atoms with E-state index in [-0.39, 0.29) is 16.2 Å². The second-order valence-corrected chi connectivity index (χ2v) is 11.6. The van der Waals surface area contributed by atoms with Gasteiger partial charge in [-0.3, -0.25) is 0 Å². The van der Waals surface area contributed by atoms with Crippen molar-refractivity contribution in [1.29, 1.82) is 0 Å². The Bertz CT molecular complexity index is 1130. The minimum absolute atomic E-state index is 0.0757. The van der Waals surface area contributed by atoms with Crippen molar-refractivity contribution < 1.29 is 0 Å². The van der Waals surface area contributed by atoms with E-state index >= 15 is 0 Å². The highest BCUT2D eigenvalue weighted by molar-refractivity contribution is 5.80. The SMILES string of the molecule is C=C1CCC=C1c1ccc(C2(c3cc4c(cc3C)C(C)(C)C=CC4(C)C)CCCC2)cc1. The predicted molar refractivity (Wildman–Crippen MR) is 138 cm³/mol. The minimum atomic E-state index is 0.0757. The van der Waals surface area contributed by atoms with Crippen molar-refractivity contribution >= 4 is 5.57 Å². The molecule has 2 aromatic carbocycles. The average Bonchev–Trinajstić information content (AvgIpc) is 3.41. The largest absolute Gasteiger partial charge is 0.0952 e. The molecule has 0 atom stereocenters. The Kier molecular flexibility index (Phi) is 4.93. The van der Waals surface area contributed by atoms with Crippen molar-refractivity contribution in [2.24, 2.45) is 0 Å². The van der Waals surface area contributed by atoms with Gasteiger partial charge in [-0.2, -0.15) is 0 Å². The van der Waals surface area contributed by atoms with Gasteiger partial charge in [-0.1, -0.05) is 102 Å². The lowest BCUT2D eigenvalue weighted by molar-refractivity contribution is 0.520. The molecular weight excluding hydrogens is 384 g/mol. The highest BCUT2D eigenvalue weighted by Crippen LogP contribution is 2.51. The van der Waals surface area contributed by atoms with Gasteiger partial charge in [-0.15, -0.1) is 0 Å². The van der Waals surface area contributed by atoms with E-state index in [1.54, 1.807) is 5.56 Å². The zero-order valence-electron chi connectivity index (χ0n) is 20.6. The molecule has 0 amide bonds. The van der Waals surface area contributed by atoms with E-state index in [2.05, 4.69) is 95.8 Å².